The van der Waals surface area contributed by atoms with E-state index in [1.807, 2.05) is 12.3 Å². The standard InChI is InChI=1S/C7H6BrN3S2/c1-3-5(13-6(8)10-3)4-2-12-7(9)11-4/h2H,1H3,(H2,9,11). The third-order valence-corrected chi connectivity index (χ3v) is 3.83. The van der Waals surface area contributed by atoms with Gasteiger partial charge in [0, 0.05) is 5.38 Å². The molecule has 2 N–H and O–H groups in total. The summed E-state index contributed by atoms with van der Waals surface area (Å²) in [6.45, 7) is 1.96. The molecule has 0 spiro atoms. The predicted molar refractivity (Wildman–Crippen MR) is 60.1 cm³/mol. The van der Waals surface area contributed by atoms with E-state index in [1.165, 1.54) is 11.3 Å². The van der Waals surface area contributed by atoms with Crippen LogP contribution < -0.4 is 5.73 Å². The van der Waals surface area contributed by atoms with Gasteiger partial charge in [0.15, 0.2) is 9.05 Å². The first-order valence-electron chi connectivity index (χ1n) is 3.51. The van der Waals surface area contributed by atoms with Crippen LogP contribution in [0.25, 0.3) is 10.6 Å². The Hall–Kier alpha value is -0.460. The van der Waals surface area contributed by atoms with E-state index in [-0.39, 0.29) is 0 Å². The number of aromatic nitrogens is 2. The van der Waals surface area contributed by atoms with Crippen molar-refractivity contribution in [2.75, 3.05) is 5.73 Å². The van der Waals surface area contributed by atoms with Crippen LogP contribution in [0.3, 0.4) is 0 Å². The molecule has 13 heavy (non-hydrogen) atoms. The molecule has 0 aliphatic heterocycles. The number of anilines is 1. The quantitative estimate of drug-likeness (QED) is 0.871. The van der Waals surface area contributed by atoms with Crippen molar-refractivity contribution in [2.45, 2.75) is 6.92 Å². The number of thiazole rings is 2. The van der Waals surface area contributed by atoms with Gasteiger partial charge in [-0.25, -0.2) is 9.97 Å². The summed E-state index contributed by atoms with van der Waals surface area (Å²) < 4.78 is 0.881. The van der Waals surface area contributed by atoms with Crippen molar-refractivity contribution >= 4 is 43.7 Å². The minimum absolute atomic E-state index is 0.596. The lowest BCUT2D eigenvalue weighted by Crippen LogP contribution is -1.82. The van der Waals surface area contributed by atoms with Gasteiger partial charge in [0.1, 0.15) is 0 Å². The smallest absolute Gasteiger partial charge is 0.180 e. The van der Waals surface area contributed by atoms with E-state index in [4.69, 9.17) is 5.73 Å². The second kappa shape index (κ2) is 3.36. The van der Waals surface area contributed by atoms with Crippen LogP contribution in [0.1, 0.15) is 5.69 Å². The highest BCUT2D eigenvalue weighted by Gasteiger charge is 2.10. The highest BCUT2D eigenvalue weighted by molar-refractivity contribution is 9.11. The summed E-state index contributed by atoms with van der Waals surface area (Å²) in [7, 11) is 0. The molecule has 2 rings (SSSR count). The van der Waals surface area contributed by atoms with Gasteiger partial charge in [0.2, 0.25) is 0 Å². The molecular weight excluding hydrogens is 270 g/mol. The van der Waals surface area contributed by atoms with Gasteiger partial charge in [-0.15, -0.1) is 22.7 Å². The van der Waals surface area contributed by atoms with Crippen LogP contribution in [0.4, 0.5) is 5.13 Å². The molecule has 6 heteroatoms. The van der Waals surface area contributed by atoms with Crippen molar-refractivity contribution < 1.29 is 0 Å². The van der Waals surface area contributed by atoms with Crippen LogP contribution in [0.2, 0.25) is 0 Å². The first-order valence-corrected chi connectivity index (χ1v) is 6.00. The number of nitrogen functional groups attached to an aromatic ring is 1. The molecule has 2 aromatic rings. The van der Waals surface area contributed by atoms with E-state index in [1.54, 1.807) is 11.3 Å². The maximum absolute atomic E-state index is 5.55. The maximum Gasteiger partial charge on any atom is 0.180 e. The Bertz CT molecular complexity index is 435. The molecule has 0 atom stereocenters. The zero-order chi connectivity index (χ0) is 9.42. The fourth-order valence-corrected chi connectivity index (χ4v) is 3.13. The van der Waals surface area contributed by atoms with Crippen LogP contribution in [-0.2, 0) is 0 Å². The monoisotopic (exact) mass is 275 g/mol. The SMILES string of the molecule is Cc1nc(Br)sc1-c1csc(N)n1. The number of hydrogen-bond donors (Lipinski definition) is 1. The van der Waals surface area contributed by atoms with Gasteiger partial charge in [-0.3, -0.25) is 0 Å². The van der Waals surface area contributed by atoms with Gasteiger partial charge in [-0.05, 0) is 22.9 Å². The number of aryl methyl sites for hydroxylation is 1. The largest absolute Gasteiger partial charge is 0.375 e. The second-order valence-corrected chi connectivity index (χ2v) is 5.62. The summed E-state index contributed by atoms with van der Waals surface area (Å²) in [6.07, 6.45) is 0. The van der Waals surface area contributed by atoms with Gasteiger partial charge in [-0.1, -0.05) is 0 Å². The Kier molecular flexibility index (Phi) is 2.35. The average molecular weight is 276 g/mol. The molecule has 0 saturated carbocycles. The van der Waals surface area contributed by atoms with E-state index >= 15 is 0 Å². The highest BCUT2D eigenvalue weighted by Crippen LogP contribution is 2.33. The lowest BCUT2D eigenvalue weighted by atomic mass is 10.3. The fourth-order valence-electron chi connectivity index (χ4n) is 0.993. The van der Waals surface area contributed by atoms with E-state index < -0.39 is 0 Å². The third kappa shape index (κ3) is 1.74. The summed E-state index contributed by atoms with van der Waals surface area (Å²) >= 11 is 6.36. The van der Waals surface area contributed by atoms with E-state index in [2.05, 4.69) is 25.9 Å². The Morgan fingerprint density at radius 3 is 2.69 bits per heavy atom. The molecule has 0 aliphatic carbocycles. The minimum atomic E-state index is 0.596. The molecule has 0 bridgehead atoms. The van der Waals surface area contributed by atoms with Crippen molar-refractivity contribution in [3.8, 4) is 10.6 Å². The molecular formula is C7H6BrN3S2. The molecule has 68 valence electrons. The molecule has 0 aromatic carbocycles. The molecule has 0 fully saturated rings. The molecule has 0 amide bonds. The number of nitrogens with two attached hydrogens (primary N) is 1. The third-order valence-electron chi connectivity index (χ3n) is 1.53. The second-order valence-electron chi connectivity index (χ2n) is 2.45. The molecule has 2 heterocycles. The molecule has 0 aliphatic rings. The summed E-state index contributed by atoms with van der Waals surface area (Å²) in [5.41, 5.74) is 7.46. The van der Waals surface area contributed by atoms with Crippen LogP contribution in [0.5, 0.6) is 0 Å². The van der Waals surface area contributed by atoms with E-state index in [0.29, 0.717) is 5.13 Å². The van der Waals surface area contributed by atoms with E-state index in [0.717, 1.165) is 20.2 Å². The molecule has 0 unspecified atom stereocenters. The highest BCUT2D eigenvalue weighted by atomic mass is 79.9. The Labute approximate surface area is 91.8 Å². The summed E-state index contributed by atoms with van der Waals surface area (Å²) in [4.78, 5) is 9.54. The van der Waals surface area contributed by atoms with Crippen molar-refractivity contribution in [3.63, 3.8) is 0 Å². The van der Waals surface area contributed by atoms with Crippen molar-refractivity contribution in [1.82, 2.24) is 9.97 Å². The summed E-state index contributed by atoms with van der Waals surface area (Å²) in [5.74, 6) is 0. The zero-order valence-corrected chi connectivity index (χ0v) is 9.96. The fraction of sp³-hybridized carbons (Fsp3) is 0.143. The summed E-state index contributed by atoms with van der Waals surface area (Å²) in [6, 6.07) is 0. The zero-order valence-electron chi connectivity index (χ0n) is 6.74. The van der Waals surface area contributed by atoms with Gasteiger partial charge in [0.05, 0.1) is 16.3 Å². The number of hydrogen-bond acceptors (Lipinski definition) is 5. The minimum Gasteiger partial charge on any atom is -0.375 e. The molecule has 2 aromatic heterocycles. The van der Waals surface area contributed by atoms with Gasteiger partial charge in [0.25, 0.3) is 0 Å². The number of rotatable bonds is 1. The average Bonchev–Trinajstić information content (AvgIpc) is 2.58. The topological polar surface area (TPSA) is 51.8 Å². The Balaban J connectivity index is 2.51. The van der Waals surface area contributed by atoms with E-state index in [9.17, 15) is 0 Å². The van der Waals surface area contributed by atoms with Gasteiger partial charge >= 0.3 is 0 Å². The molecule has 3 nitrogen and oxygen atoms in total. The lowest BCUT2D eigenvalue weighted by Gasteiger charge is -1.89. The van der Waals surface area contributed by atoms with Gasteiger partial charge < -0.3 is 5.73 Å². The summed E-state index contributed by atoms with van der Waals surface area (Å²) in [5, 5.41) is 2.54. The molecule has 0 radical (unpaired) electrons. The van der Waals surface area contributed by atoms with Crippen LogP contribution >= 0.6 is 38.6 Å². The lowest BCUT2D eigenvalue weighted by molar-refractivity contribution is 1.24. The Morgan fingerprint density at radius 1 is 1.46 bits per heavy atom. The number of halogens is 1. The predicted octanol–water partition coefficient (Wildman–Crippen LogP) is 2.92. The maximum atomic E-state index is 5.55. The van der Waals surface area contributed by atoms with Crippen LogP contribution in [-0.4, -0.2) is 9.97 Å². The van der Waals surface area contributed by atoms with Crippen LogP contribution in [0, 0.1) is 6.92 Å². The van der Waals surface area contributed by atoms with Crippen molar-refractivity contribution in [3.05, 3.63) is 15.0 Å². The van der Waals surface area contributed by atoms with Crippen LogP contribution in [0.15, 0.2) is 9.30 Å². The molecule has 0 saturated heterocycles. The first kappa shape index (κ1) is 9.11. The number of nitrogens with zero attached hydrogens (tertiary/aromatic N) is 2. The first-order chi connectivity index (χ1) is 6.16. The normalized spacial score (nSPS) is 10.6. The van der Waals surface area contributed by atoms with Crippen molar-refractivity contribution in [2.24, 2.45) is 0 Å². The van der Waals surface area contributed by atoms with Gasteiger partial charge in [-0.2, -0.15) is 0 Å². The Morgan fingerprint density at radius 2 is 2.23 bits per heavy atom. The van der Waals surface area contributed by atoms with Crippen molar-refractivity contribution in [1.29, 1.82) is 0 Å².